The van der Waals surface area contributed by atoms with Gasteiger partial charge in [0.05, 0.1) is 36.4 Å². The summed E-state index contributed by atoms with van der Waals surface area (Å²) in [6.07, 6.45) is 4.99. The molecule has 1 fully saturated rings. The lowest BCUT2D eigenvalue weighted by Gasteiger charge is -2.20. The first-order valence-corrected chi connectivity index (χ1v) is 9.38. The van der Waals surface area contributed by atoms with Gasteiger partial charge < -0.3 is 13.8 Å². The molecule has 1 saturated heterocycles. The van der Waals surface area contributed by atoms with Gasteiger partial charge in [0.15, 0.2) is 11.5 Å². The Morgan fingerprint density at radius 3 is 2.96 bits per heavy atom. The number of hydrogen-bond acceptors (Lipinski definition) is 5. The minimum Gasteiger partial charge on any atom is -0.493 e. The molecule has 0 saturated carbocycles. The lowest BCUT2D eigenvalue weighted by molar-refractivity contribution is 0.0774. The van der Waals surface area contributed by atoms with Crippen LogP contribution in [0.15, 0.2) is 17.1 Å². The van der Waals surface area contributed by atoms with Crippen molar-refractivity contribution in [1.82, 2.24) is 4.90 Å². The van der Waals surface area contributed by atoms with E-state index in [1.807, 2.05) is 17.2 Å². The highest BCUT2D eigenvalue weighted by molar-refractivity contribution is 7.95. The van der Waals surface area contributed by atoms with Gasteiger partial charge in [-0.05, 0) is 31.2 Å². The van der Waals surface area contributed by atoms with E-state index in [1.165, 1.54) is 12.0 Å². The SMILES string of the molecule is COc1cc2c(cc1OSCCC(C)C)N=CC1CCCN1C2=O. The van der Waals surface area contributed by atoms with Crippen LogP contribution in [0, 0.1) is 5.92 Å². The van der Waals surface area contributed by atoms with E-state index in [2.05, 4.69) is 18.8 Å². The van der Waals surface area contributed by atoms with E-state index in [0.717, 1.165) is 31.6 Å². The number of fused-ring (bicyclic) bond motifs is 2. The number of aliphatic imine (C=N–C) groups is 1. The maximum absolute atomic E-state index is 12.8. The molecule has 0 aliphatic carbocycles. The molecule has 2 heterocycles. The maximum Gasteiger partial charge on any atom is 0.256 e. The molecule has 5 nitrogen and oxygen atoms in total. The summed E-state index contributed by atoms with van der Waals surface area (Å²) in [5, 5.41) is 0. The molecular weight excluding hydrogens is 324 g/mol. The Morgan fingerprint density at radius 2 is 2.21 bits per heavy atom. The van der Waals surface area contributed by atoms with Crippen molar-refractivity contribution in [3.63, 3.8) is 0 Å². The van der Waals surface area contributed by atoms with Crippen molar-refractivity contribution in [2.24, 2.45) is 10.9 Å². The average Bonchev–Trinajstić information content (AvgIpc) is 3.00. The second-order valence-electron chi connectivity index (χ2n) is 6.59. The van der Waals surface area contributed by atoms with Gasteiger partial charge in [0.2, 0.25) is 0 Å². The van der Waals surface area contributed by atoms with E-state index >= 15 is 0 Å². The molecule has 24 heavy (non-hydrogen) atoms. The van der Waals surface area contributed by atoms with E-state index in [-0.39, 0.29) is 11.9 Å². The molecule has 1 amide bonds. The molecule has 2 aliphatic heterocycles. The highest BCUT2D eigenvalue weighted by atomic mass is 32.2. The van der Waals surface area contributed by atoms with Gasteiger partial charge in [-0.25, -0.2) is 0 Å². The molecule has 0 radical (unpaired) electrons. The molecule has 1 unspecified atom stereocenters. The quantitative estimate of drug-likeness (QED) is 0.574. The van der Waals surface area contributed by atoms with E-state index in [4.69, 9.17) is 8.92 Å². The molecule has 0 aromatic heterocycles. The van der Waals surface area contributed by atoms with Crippen molar-refractivity contribution >= 4 is 29.9 Å². The first-order chi connectivity index (χ1) is 11.6. The van der Waals surface area contributed by atoms with Gasteiger partial charge in [0.1, 0.15) is 0 Å². The number of amides is 1. The summed E-state index contributed by atoms with van der Waals surface area (Å²) in [4.78, 5) is 19.2. The summed E-state index contributed by atoms with van der Waals surface area (Å²) in [6.45, 7) is 5.17. The Balaban J connectivity index is 1.83. The smallest absolute Gasteiger partial charge is 0.256 e. The monoisotopic (exact) mass is 348 g/mol. The number of carbonyl (C=O) groups excluding carboxylic acids is 1. The predicted molar refractivity (Wildman–Crippen MR) is 97.7 cm³/mol. The minimum atomic E-state index is 0.0299. The number of hydrogen-bond donors (Lipinski definition) is 0. The molecule has 1 aromatic carbocycles. The highest BCUT2D eigenvalue weighted by Crippen LogP contribution is 2.39. The maximum atomic E-state index is 12.8. The van der Waals surface area contributed by atoms with Crippen LogP contribution in [0.25, 0.3) is 0 Å². The van der Waals surface area contributed by atoms with Gasteiger partial charge in [0.25, 0.3) is 5.91 Å². The lowest BCUT2D eigenvalue weighted by Crippen LogP contribution is -2.35. The minimum absolute atomic E-state index is 0.0299. The molecule has 1 atom stereocenters. The van der Waals surface area contributed by atoms with Crippen molar-refractivity contribution in [3.8, 4) is 11.5 Å². The van der Waals surface area contributed by atoms with Crippen LogP contribution >= 0.6 is 12.0 Å². The zero-order chi connectivity index (χ0) is 17.1. The molecule has 2 aliphatic rings. The van der Waals surface area contributed by atoms with E-state index in [0.29, 0.717) is 28.7 Å². The first-order valence-electron chi connectivity index (χ1n) is 8.47. The van der Waals surface area contributed by atoms with Gasteiger partial charge in [-0.3, -0.25) is 9.79 Å². The van der Waals surface area contributed by atoms with Crippen LogP contribution in [0.4, 0.5) is 5.69 Å². The predicted octanol–water partition coefficient (Wildman–Crippen LogP) is 4.09. The number of carbonyl (C=O) groups is 1. The van der Waals surface area contributed by atoms with Crippen LogP contribution in [0.1, 0.15) is 43.5 Å². The van der Waals surface area contributed by atoms with E-state index in [9.17, 15) is 4.79 Å². The number of ether oxygens (including phenoxy) is 1. The van der Waals surface area contributed by atoms with Crippen LogP contribution in [0.5, 0.6) is 11.5 Å². The fourth-order valence-corrected chi connectivity index (χ4v) is 3.87. The second kappa shape index (κ2) is 7.47. The average molecular weight is 348 g/mol. The van der Waals surface area contributed by atoms with Crippen LogP contribution in [0.2, 0.25) is 0 Å². The van der Waals surface area contributed by atoms with Crippen LogP contribution < -0.4 is 8.92 Å². The third kappa shape index (κ3) is 3.53. The number of nitrogens with zero attached hydrogens (tertiary/aromatic N) is 2. The van der Waals surface area contributed by atoms with Crippen LogP contribution in [-0.4, -0.2) is 42.5 Å². The van der Waals surface area contributed by atoms with Crippen molar-refractivity contribution in [2.75, 3.05) is 19.4 Å². The lowest BCUT2D eigenvalue weighted by atomic mass is 10.1. The summed E-state index contributed by atoms with van der Waals surface area (Å²) >= 11 is 1.41. The summed E-state index contributed by atoms with van der Waals surface area (Å²) in [6, 6.07) is 3.68. The fourth-order valence-electron chi connectivity index (χ4n) is 2.96. The third-order valence-electron chi connectivity index (χ3n) is 4.39. The molecular formula is C18H24N2O3S. The Hall–Kier alpha value is -1.69. The summed E-state index contributed by atoms with van der Waals surface area (Å²) in [5.74, 6) is 2.78. The van der Waals surface area contributed by atoms with E-state index in [1.54, 1.807) is 13.2 Å². The molecule has 0 spiro atoms. The number of rotatable bonds is 6. The highest BCUT2D eigenvalue weighted by Gasteiger charge is 2.32. The number of benzene rings is 1. The van der Waals surface area contributed by atoms with E-state index < -0.39 is 0 Å². The topological polar surface area (TPSA) is 51.1 Å². The Labute approximate surface area is 147 Å². The molecule has 130 valence electrons. The number of methoxy groups -OCH3 is 1. The zero-order valence-corrected chi connectivity index (χ0v) is 15.3. The van der Waals surface area contributed by atoms with Crippen molar-refractivity contribution in [2.45, 2.75) is 39.2 Å². The van der Waals surface area contributed by atoms with Gasteiger partial charge in [-0.2, -0.15) is 0 Å². The van der Waals surface area contributed by atoms with Gasteiger partial charge in [0, 0.05) is 24.6 Å². The van der Waals surface area contributed by atoms with Gasteiger partial charge in [-0.15, -0.1) is 0 Å². The summed E-state index contributed by atoms with van der Waals surface area (Å²) in [5.41, 5.74) is 1.25. The second-order valence-corrected chi connectivity index (χ2v) is 7.40. The first kappa shape index (κ1) is 17.1. The van der Waals surface area contributed by atoms with Crippen LogP contribution in [-0.2, 0) is 0 Å². The zero-order valence-electron chi connectivity index (χ0n) is 14.4. The van der Waals surface area contributed by atoms with Gasteiger partial charge >= 0.3 is 0 Å². The van der Waals surface area contributed by atoms with Crippen molar-refractivity contribution in [1.29, 1.82) is 0 Å². The molecule has 6 heteroatoms. The fraction of sp³-hybridized carbons (Fsp3) is 0.556. The van der Waals surface area contributed by atoms with Crippen molar-refractivity contribution in [3.05, 3.63) is 17.7 Å². The Morgan fingerprint density at radius 1 is 1.38 bits per heavy atom. The third-order valence-corrected chi connectivity index (χ3v) is 5.09. The van der Waals surface area contributed by atoms with Gasteiger partial charge in [-0.1, -0.05) is 13.8 Å². The van der Waals surface area contributed by atoms with Crippen molar-refractivity contribution < 1.29 is 13.7 Å². The summed E-state index contributed by atoms with van der Waals surface area (Å²) < 4.78 is 11.2. The summed E-state index contributed by atoms with van der Waals surface area (Å²) in [7, 11) is 1.59. The molecule has 0 bridgehead atoms. The molecule has 0 N–H and O–H groups in total. The Bertz CT molecular complexity index is 645. The molecule has 3 rings (SSSR count). The Kier molecular flexibility index (Phi) is 5.33. The normalized spacial score (nSPS) is 19.2. The molecule has 1 aromatic rings. The standard InChI is InChI=1S/C18H24N2O3S/c1-12(2)6-8-24-23-17-10-15-14(9-16(17)22-3)18(21)20-7-4-5-13(20)11-19-15/h9-13H,4-8H2,1-3H3. The largest absolute Gasteiger partial charge is 0.493 e. The van der Waals surface area contributed by atoms with Crippen LogP contribution in [0.3, 0.4) is 0 Å².